The van der Waals surface area contributed by atoms with Gasteiger partial charge in [-0.25, -0.2) is 0 Å². The summed E-state index contributed by atoms with van der Waals surface area (Å²) >= 11 is 5.23. The molecule has 0 spiro atoms. The first kappa shape index (κ1) is 18.2. The molecule has 0 aliphatic rings. The molecule has 1 aromatic heterocycles. The van der Waals surface area contributed by atoms with Crippen molar-refractivity contribution in [2.24, 2.45) is 0 Å². The second kappa shape index (κ2) is 8.10. The van der Waals surface area contributed by atoms with Crippen LogP contribution < -0.4 is 4.74 Å². The van der Waals surface area contributed by atoms with Crippen molar-refractivity contribution in [1.29, 1.82) is 0 Å². The average molecular weight is 348 g/mol. The zero-order chi connectivity index (χ0) is 17.7. The largest absolute Gasteiger partial charge is 0.496 e. The highest BCUT2D eigenvalue weighted by molar-refractivity contribution is 7.71. The number of nitrogens with zero attached hydrogens (tertiary/aromatic N) is 3. The molecule has 1 amide bonds. The molecule has 0 fully saturated rings. The summed E-state index contributed by atoms with van der Waals surface area (Å²) < 4.78 is 7.63. The second-order valence-electron chi connectivity index (χ2n) is 5.85. The fraction of sp³-hybridized carbons (Fsp3) is 0.471. The number of hydrogen-bond donors (Lipinski definition) is 1. The van der Waals surface area contributed by atoms with E-state index in [2.05, 4.69) is 17.1 Å². The van der Waals surface area contributed by atoms with Crippen LogP contribution in [0.3, 0.4) is 0 Å². The summed E-state index contributed by atoms with van der Waals surface area (Å²) in [4.78, 5) is 14.3. The van der Waals surface area contributed by atoms with E-state index in [-0.39, 0.29) is 12.5 Å². The molecule has 130 valence electrons. The standard InChI is InChI=1S/C17H24N4O2S/c1-5-6-15-18-19-17(24)21(15)11-16(22)20(3)10-13-9-12(2)7-8-14(13)23-4/h7-9H,5-6,10-11H2,1-4H3,(H,19,24). The van der Waals surface area contributed by atoms with Crippen LogP contribution in [0.15, 0.2) is 18.2 Å². The van der Waals surface area contributed by atoms with Crippen LogP contribution in [-0.2, 0) is 24.3 Å². The maximum atomic E-state index is 12.6. The molecule has 1 heterocycles. The van der Waals surface area contributed by atoms with E-state index in [1.54, 1.807) is 23.6 Å². The summed E-state index contributed by atoms with van der Waals surface area (Å²) in [5.74, 6) is 1.58. The molecule has 6 nitrogen and oxygen atoms in total. The van der Waals surface area contributed by atoms with Crippen LogP contribution in [0.2, 0.25) is 0 Å². The molecule has 1 aromatic carbocycles. The third kappa shape index (κ3) is 4.23. The lowest BCUT2D eigenvalue weighted by molar-refractivity contribution is -0.131. The Hall–Kier alpha value is -2.15. The van der Waals surface area contributed by atoms with E-state index in [9.17, 15) is 4.79 Å². The smallest absolute Gasteiger partial charge is 0.242 e. The molecule has 1 N–H and O–H groups in total. The number of benzene rings is 1. The van der Waals surface area contributed by atoms with Crippen molar-refractivity contribution in [1.82, 2.24) is 19.7 Å². The number of aryl methyl sites for hydroxylation is 2. The summed E-state index contributed by atoms with van der Waals surface area (Å²) in [6.07, 6.45) is 1.74. The average Bonchev–Trinajstić information content (AvgIpc) is 2.88. The Balaban J connectivity index is 2.12. The highest BCUT2D eigenvalue weighted by atomic mass is 32.1. The first-order chi connectivity index (χ1) is 11.5. The fourth-order valence-electron chi connectivity index (χ4n) is 2.56. The van der Waals surface area contributed by atoms with Crippen molar-refractivity contribution in [3.05, 3.63) is 39.9 Å². The fourth-order valence-corrected chi connectivity index (χ4v) is 2.77. The third-order valence-corrected chi connectivity index (χ3v) is 4.19. The summed E-state index contributed by atoms with van der Waals surface area (Å²) in [6.45, 7) is 4.76. The zero-order valence-corrected chi connectivity index (χ0v) is 15.4. The summed E-state index contributed by atoms with van der Waals surface area (Å²) in [5.41, 5.74) is 2.12. The number of methoxy groups -OCH3 is 1. The van der Waals surface area contributed by atoms with Crippen LogP contribution in [0, 0.1) is 11.7 Å². The second-order valence-corrected chi connectivity index (χ2v) is 6.23. The number of carbonyl (C=O) groups excluding carboxylic acids is 1. The van der Waals surface area contributed by atoms with Crippen LogP contribution in [-0.4, -0.2) is 39.7 Å². The summed E-state index contributed by atoms with van der Waals surface area (Å²) in [5, 5.41) is 6.96. The number of amides is 1. The van der Waals surface area contributed by atoms with Gasteiger partial charge in [-0.1, -0.05) is 24.6 Å². The molecular formula is C17H24N4O2S. The molecule has 0 unspecified atom stereocenters. The van der Waals surface area contributed by atoms with Gasteiger partial charge in [0.15, 0.2) is 4.77 Å². The lowest BCUT2D eigenvalue weighted by atomic mass is 10.1. The lowest BCUT2D eigenvalue weighted by Crippen LogP contribution is -2.30. The maximum absolute atomic E-state index is 12.6. The van der Waals surface area contributed by atoms with Gasteiger partial charge in [0.2, 0.25) is 5.91 Å². The molecular weight excluding hydrogens is 324 g/mol. The minimum absolute atomic E-state index is 0.0200. The van der Waals surface area contributed by atoms with Gasteiger partial charge in [0.05, 0.1) is 7.11 Å². The number of carbonyl (C=O) groups is 1. The Morgan fingerprint density at radius 1 is 1.46 bits per heavy atom. The van der Waals surface area contributed by atoms with Crippen molar-refractivity contribution < 1.29 is 9.53 Å². The highest BCUT2D eigenvalue weighted by Gasteiger charge is 2.15. The normalized spacial score (nSPS) is 10.7. The van der Waals surface area contributed by atoms with Gasteiger partial charge in [-0.2, -0.15) is 5.10 Å². The summed E-state index contributed by atoms with van der Waals surface area (Å²) in [6, 6.07) is 5.95. The Morgan fingerprint density at radius 3 is 2.88 bits per heavy atom. The Morgan fingerprint density at radius 2 is 2.21 bits per heavy atom. The number of nitrogens with one attached hydrogen (secondary N) is 1. The number of ether oxygens (including phenoxy) is 1. The topological polar surface area (TPSA) is 63.2 Å². The van der Waals surface area contributed by atoms with Crippen LogP contribution in [0.5, 0.6) is 5.75 Å². The van der Waals surface area contributed by atoms with Crippen molar-refractivity contribution in [2.45, 2.75) is 39.8 Å². The molecule has 24 heavy (non-hydrogen) atoms. The van der Waals surface area contributed by atoms with E-state index >= 15 is 0 Å². The summed E-state index contributed by atoms with van der Waals surface area (Å²) in [7, 11) is 3.42. The molecule has 0 radical (unpaired) electrons. The predicted octanol–water partition coefficient (Wildman–Crippen LogP) is 2.87. The van der Waals surface area contributed by atoms with Crippen LogP contribution in [0.4, 0.5) is 0 Å². The van der Waals surface area contributed by atoms with Crippen molar-refractivity contribution >= 4 is 18.1 Å². The van der Waals surface area contributed by atoms with Crippen molar-refractivity contribution in [3.8, 4) is 5.75 Å². The predicted molar refractivity (Wildman–Crippen MR) is 95.6 cm³/mol. The number of aromatic amines is 1. The van der Waals surface area contributed by atoms with Gasteiger partial charge in [0.25, 0.3) is 0 Å². The molecule has 0 aliphatic carbocycles. The van der Waals surface area contributed by atoms with E-state index in [4.69, 9.17) is 17.0 Å². The van der Waals surface area contributed by atoms with E-state index in [0.717, 1.165) is 35.5 Å². The van der Waals surface area contributed by atoms with Gasteiger partial charge in [-0.05, 0) is 31.6 Å². The van der Waals surface area contributed by atoms with Crippen LogP contribution in [0.1, 0.15) is 30.3 Å². The first-order valence-corrected chi connectivity index (χ1v) is 8.38. The zero-order valence-electron chi connectivity index (χ0n) is 14.6. The van der Waals surface area contributed by atoms with Crippen LogP contribution >= 0.6 is 12.2 Å². The van der Waals surface area contributed by atoms with Gasteiger partial charge in [-0.3, -0.25) is 14.5 Å². The Kier molecular flexibility index (Phi) is 6.14. The van der Waals surface area contributed by atoms with Gasteiger partial charge in [-0.15, -0.1) is 0 Å². The number of aromatic nitrogens is 3. The molecule has 2 rings (SSSR count). The number of hydrogen-bond acceptors (Lipinski definition) is 4. The highest BCUT2D eigenvalue weighted by Crippen LogP contribution is 2.21. The van der Waals surface area contributed by atoms with Crippen LogP contribution in [0.25, 0.3) is 0 Å². The third-order valence-electron chi connectivity index (χ3n) is 3.87. The van der Waals surface area contributed by atoms with Crippen molar-refractivity contribution in [2.75, 3.05) is 14.2 Å². The Bertz CT molecular complexity index is 766. The van der Waals surface area contributed by atoms with E-state index < -0.39 is 0 Å². The minimum Gasteiger partial charge on any atom is -0.496 e. The monoisotopic (exact) mass is 348 g/mol. The number of rotatable bonds is 7. The molecule has 2 aromatic rings. The van der Waals surface area contributed by atoms with Gasteiger partial charge in [0.1, 0.15) is 18.1 Å². The van der Waals surface area contributed by atoms with E-state index in [1.165, 1.54) is 0 Å². The van der Waals surface area contributed by atoms with Gasteiger partial charge < -0.3 is 9.64 Å². The maximum Gasteiger partial charge on any atom is 0.242 e. The molecule has 0 atom stereocenters. The number of likely N-dealkylation sites (N-methyl/N-ethyl adjacent to an activating group) is 1. The molecule has 0 aliphatic heterocycles. The van der Waals surface area contributed by atoms with E-state index in [0.29, 0.717) is 11.3 Å². The molecule has 0 saturated carbocycles. The SMILES string of the molecule is CCCc1n[nH]c(=S)n1CC(=O)N(C)Cc1cc(C)ccc1OC. The first-order valence-electron chi connectivity index (χ1n) is 7.97. The minimum atomic E-state index is -0.0200. The van der Waals surface area contributed by atoms with Gasteiger partial charge in [0, 0.05) is 25.6 Å². The van der Waals surface area contributed by atoms with E-state index in [1.807, 2.05) is 25.1 Å². The molecule has 0 bridgehead atoms. The Labute approximate surface area is 147 Å². The quantitative estimate of drug-likeness (QED) is 0.782. The van der Waals surface area contributed by atoms with Crippen molar-refractivity contribution in [3.63, 3.8) is 0 Å². The molecule has 0 saturated heterocycles. The molecule has 7 heteroatoms. The van der Waals surface area contributed by atoms with Gasteiger partial charge >= 0.3 is 0 Å². The number of H-pyrrole nitrogens is 1. The lowest BCUT2D eigenvalue weighted by Gasteiger charge is -2.20.